The highest BCUT2D eigenvalue weighted by molar-refractivity contribution is 7.90. The molecule has 0 heterocycles. The molecule has 11 heteroatoms. The minimum Gasteiger partial charge on any atom is -0.406 e. The molecule has 0 aromatic heterocycles. The standard InChI is InChI=1S/C14H8Cl2F3NO4S/c15-8-1-6-11(12(16)7-8)13(21)20-25(22,23)10-4-2-9(3-5-10)24-14(17,18)19/h1-7H,(H,20,21). The van der Waals surface area contributed by atoms with E-state index >= 15 is 0 Å². The molecule has 2 rings (SSSR count). The maximum Gasteiger partial charge on any atom is 0.573 e. The van der Waals surface area contributed by atoms with Crippen LogP contribution in [0.4, 0.5) is 13.2 Å². The Labute approximate surface area is 150 Å². The smallest absolute Gasteiger partial charge is 0.406 e. The number of nitrogens with one attached hydrogen (secondary N) is 1. The molecule has 2 aromatic carbocycles. The van der Waals surface area contributed by atoms with Gasteiger partial charge in [0, 0.05) is 5.02 Å². The Hall–Kier alpha value is -1.97. The van der Waals surface area contributed by atoms with Gasteiger partial charge in [0.15, 0.2) is 0 Å². The number of alkyl halides is 3. The minimum absolute atomic E-state index is 0.0610. The summed E-state index contributed by atoms with van der Waals surface area (Å²) in [5.74, 6) is -1.61. The molecule has 1 N–H and O–H groups in total. The number of rotatable bonds is 4. The molecule has 5 nitrogen and oxygen atoms in total. The number of halogens is 5. The molecular weight excluding hydrogens is 406 g/mol. The number of carbonyl (C=O) groups is 1. The first kappa shape index (κ1) is 19.4. The van der Waals surface area contributed by atoms with Gasteiger partial charge in [-0.1, -0.05) is 23.2 Å². The second-order valence-corrected chi connectivity index (χ2v) is 7.10. The molecule has 0 radical (unpaired) electrons. The van der Waals surface area contributed by atoms with Crippen LogP contribution in [0, 0.1) is 0 Å². The van der Waals surface area contributed by atoms with Crippen molar-refractivity contribution >= 4 is 39.1 Å². The molecule has 0 aliphatic heterocycles. The van der Waals surface area contributed by atoms with E-state index in [1.165, 1.54) is 18.2 Å². The SMILES string of the molecule is O=C(NS(=O)(=O)c1ccc(OC(F)(F)F)cc1)c1ccc(Cl)cc1Cl. The van der Waals surface area contributed by atoms with Gasteiger partial charge in [-0.05, 0) is 42.5 Å². The molecule has 134 valence electrons. The van der Waals surface area contributed by atoms with E-state index in [1.54, 1.807) is 4.72 Å². The third-order valence-corrected chi connectivity index (χ3v) is 4.67. The fraction of sp³-hybridized carbons (Fsp3) is 0.0714. The number of benzene rings is 2. The van der Waals surface area contributed by atoms with Gasteiger partial charge in [-0.25, -0.2) is 13.1 Å². The van der Waals surface area contributed by atoms with Crippen molar-refractivity contribution in [1.29, 1.82) is 0 Å². The molecule has 0 spiro atoms. The number of carbonyl (C=O) groups excluding carboxylic acids is 1. The van der Waals surface area contributed by atoms with Crippen LogP contribution < -0.4 is 9.46 Å². The Kier molecular flexibility index (Phi) is 5.50. The van der Waals surface area contributed by atoms with Gasteiger partial charge in [0.1, 0.15) is 5.75 Å². The van der Waals surface area contributed by atoms with Gasteiger partial charge < -0.3 is 4.74 Å². The summed E-state index contributed by atoms with van der Waals surface area (Å²) in [6, 6.07) is 7.17. The summed E-state index contributed by atoms with van der Waals surface area (Å²) in [5, 5.41) is 0.193. The van der Waals surface area contributed by atoms with E-state index in [4.69, 9.17) is 23.2 Å². The van der Waals surface area contributed by atoms with E-state index in [0.717, 1.165) is 24.3 Å². The van der Waals surface area contributed by atoms with Crippen LogP contribution in [0.25, 0.3) is 0 Å². The summed E-state index contributed by atoms with van der Waals surface area (Å²) in [7, 11) is -4.32. The highest BCUT2D eigenvalue weighted by Crippen LogP contribution is 2.24. The molecule has 2 aromatic rings. The summed E-state index contributed by atoms with van der Waals surface area (Å²) in [5.41, 5.74) is -0.133. The lowest BCUT2D eigenvalue weighted by molar-refractivity contribution is -0.274. The van der Waals surface area contributed by atoms with Crippen LogP contribution in [0.5, 0.6) is 5.75 Å². The molecular formula is C14H8Cl2F3NO4S. The maximum absolute atomic E-state index is 12.1. The Morgan fingerprint density at radius 3 is 2.16 bits per heavy atom. The van der Waals surface area contributed by atoms with Gasteiger partial charge in [0.2, 0.25) is 0 Å². The van der Waals surface area contributed by atoms with Gasteiger partial charge in [-0.3, -0.25) is 4.79 Å². The van der Waals surface area contributed by atoms with Crippen LogP contribution in [0.15, 0.2) is 47.4 Å². The summed E-state index contributed by atoms with van der Waals surface area (Å²) in [6.07, 6.45) is -4.90. The molecule has 25 heavy (non-hydrogen) atoms. The predicted molar refractivity (Wildman–Crippen MR) is 84.2 cm³/mol. The Morgan fingerprint density at radius 1 is 1.04 bits per heavy atom. The number of hydrogen-bond donors (Lipinski definition) is 1. The van der Waals surface area contributed by atoms with Crippen molar-refractivity contribution in [1.82, 2.24) is 4.72 Å². The summed E-state index contributed by atoms with van der Waals surface area (Å²) in [4.78, 5) is 11.6. The van der Waals surface area contributed by atoms with Gasteiger partial charge >= 0.3 is 6.36 Å². The third kappa shape index (κ3) is 5.25. The quantitative estimate of drug-likeness (QED) is 0.821. The van der Waals surface area contributed by atoms with E-state index in [0.29, 0.717) is 0 Å². The van der Waals surface area contributed by atoms with Crippen LogP contribution >= 0.6 is 23.2 Å². The molecule has 0 saturated heterocycles. The summed E-state index contributed by atoms with van der Waals surface area (Å²) >= 11 is 11.5. The van der Waals surface area contributed by atoms with Crippen LogP contribution in [-0.4, -0.2) is 20.7 Å². The van der Waals surface area contributed by atoms with Crippen molar-refractivity contribution in [3.63, 3.8) is 0 Å². The normalized spacial score (nSPS) is 11.9. The monoisotopic (exact) mass is 413 g/mol. The van der Waals surface area contributed by atoms with Gasteiger partial charge in [-0.2, -0.15) is 0 Å². The van der Waals surface area contributed by atoms with Crippen molar-refractivity contribution in [2.24, 2.45) is 0 Å². The van der Waals surface area contributed by atoms with E-state index in [1.807, 2.05) is 0 Å². The van der Waals surface area contributed by atoms with E-state index < -0.39 is 32.9 Å². The van der Waals surface area contributed by atoms with Crippen LogP contribution in [-0.2, 0) is 10.0 Å². The van der Waals surface area contributed by atoms with Gasteiger partial charge in [0.05, 0.1) is 15.5 Å². The first-order chi connectivity index (χ1) is 11.5. The zero-order valence-corrected chi connectivity index (χ0v) is 14.3. The first-order valence-electron chi connectivity index (χ1n) is 6.36. The van der Waals surface area contributed by atoms with Crippen molar-refractivity contribution in [2.75, 3.05) is 0 Å². The highest BCUT2D eigenvalue weighted by Gasteiger charge is 2.31. The summed E-state index contributed by atoms with van der Waals surface area (Å²) < 4.78 is 65.9. The Balaban J connectivity index is 2.19. The Morgan fingerprint density at radius 2 is 1.64 bits per heavy atom. The predicted octanol–water partition coefficient (Wildman–Crippen LogP) is 4.01. The lowest BCUT2D eigenvalue weighted by Gasteiger charge is -2.10. The van der Waals surface area contributed by atoms with E-state index in [-0.39, 0.29) is 15.6 Å². The van der Waals surface area contributed by atoms with Crippen LogP contribution in [0.3, 0.4) is 0 Å². The van der Waals surface area contributed by atoms with Crippen molar-refractivity contribution < 1.29 is 31.1 Å². The number of ether oxygens (including phenoxy) is 1. The van der Waals surface area contributed by atoms with Crippen molar-refractivity contribution in [3.05, 3.63) is 58.1 Å². The van der Waals surface area contributed by atoms with E-state index in [9.17, 15) is 26.4 Å². The molecule has 0 saturated carbocycles. The topological polar surface area (TPSA) is 72.5 Å². The maximum atomic E-state index is 12.1. The average Bonchev–Trinajstić information content (AvgIpc) is 2.45. The number of amides is 1. The fourth-order valence-corrected chi connectivity index (χ4v) is 3.19. The molecule has 0 aliphatic carbocycles. The summed E-state index contributed by atoms with van der Waals surface area (Å²) in [6.45, 7) is 0. The molecule has 0 aliphatic rings. The molecule has 0 atom stereocenters. The largest absolute Gasteiger partial charge is 0.573 e. The molecule has 0 unspecified atom stereocenters. The second-order valence-electron chi connectivity index (χ2n) is 4.58. The van der Waals surface area contributed by atoms with E-state index in [2.05, 4.69) is 4.74 Å². The first-order valence-corrected chi connectivity index (χ1v) is 8.60. The van der Waals surface area contributed by atoms with Gasteiger partial charge in [0.25, 0.3) is 15.9 Å². The van der Waals surface area contributed by atoms with Gasteiger partial charge in [-0.15, -0.1) is 13.2 Å². The number of sulfonamides is 1. The zero-order valence-electron chi connectivity index (χ0n) is 12.0. The second kappa shape index (κ2) is 7.11. The van der Waals surface area contributed by atoms with Crippen molar-refractivity contribution in [2.45, 2.75) is 11.3 Å². The molecule has 0 fully saturated rings. The van der Waals surface area contributed by atoms with Crippen LogP contribution in [0.2, 0.25) is 10.0 Å². The highest BCUT2D eigenvalue weighted by atomic mass is 35.5. The third-order valence-electron chi connectivity index (χ3n) is 2.77. The zero-order chi connectivity index (χ0) is 18.8. The van der Waals surface area contributed by atoms with Crippen molar-refractivity contribution in [3.8, 4) is 5.75 Å². The average molecular weight is 414 g/mol. The fourth-order valence-electron chi connectivity index (χ4n) is 1.73. The van der Waals surface area contributed by atoms with Crippen LogP contribution in [0.1, 0.15) is 10.4 Å². The number of hydrogen-bond acceptors (Lipinski definition) is 4. The lowest BCUT2D eigenvalue weighted by atomic mass is 10.2. The molecule has 0 bridgehead atoms. The minimum atomic E-state index is -4.90. The Bertz CT molecular complexity index is 899. The lowest BCUT2D eigenvalue weighted by Crippen LogP contribution is -2.30. The molecule has 1 amide bonds.